The Hall–Kier alpha value is -1.01. The van der Waals surface area contributed by atoms with Crippen LogP contribution in [0.5, 0.6) is 0 Å². The Morgan fingerprint density at radius 2 is 2.33 bits per heavy atom. The summed E-state index contributed by atoms with van der Waals surface area (Å²) in [7, 11) is 0. The Labute approximate surface area is 130 Å². The van der Waals surface area contributed by atoms with E-state index >= 15 is 0 Å². The highest BCUT2D eigenvalue weighted by atomic mass is 32.2. The Bertz CT molecular complexity index is 511. The number of imidazole rings is 1. The van der Waals surface area contributed by atoms with Crippen LogP contribution in [-0.4, -0.2) is 38.6 Å². The van der Waals surface area contributed by atoms with Crippen molar-refractivity contribution in [3.63, 3.8) is 0 Å². The number of carboxylic acid groups (broad SMARTS) is 1. The molecule has 1 saturated heterocycles. The quantitative estimate of drug-likeness (QED) is 0.845. The molecule has 0 spiro atoms. The molecule has 6 heteroatoms. The molecule has 1 aliphatic rings. The molecule has 0 saturated carbocycles. The van der Waals surface area contributed by atoms with Crippen LogP contribution in [0.3, 0.4) is 0 Å². The van der Waals surface area contributed by atoms with Crippen molar-refractivity contribution in [2.24, 2.45) is 0 Å². The molecule has 1 aromatic rings. The van der Waals surface area contributed by atoms with Crippen molar-refractivity contribution in [2.45, 2.75) is 63.3 Å². The van der Waals surface area contributed by atoms with Crippen LogP contribution < -0.4 is 0 Å². The number of rotatable bonds is 5. The van der Waals surface area contributed by atoms with Gasteiger partial charge in [-0.15, -0.1) is 0 Å². The van der Waals surface area contributed by atoms with Crippen LogP contribution in [0.15, 0.2) is 11.4 Å². The van der Waals surface area contributed by atoms with Crippen molar-refractivity contribution in [1.82, 2.24) is 9.55 Å². The minimum absolute atomic E-state index is 0.0428. The highest BCUT2D eigenvalue weighted by Crippen LogP contribution is 2.37. The average molecular weight is 312 g/mol. The Balaban J connectivity index is 2.29. The van der Waals surface area contributed by atoms with Gasteiger partial charge in [-0.05, 0) is 32.6 Å². The van der Waals surface area contributed by atoms with Crippen LogP contribution in [-0.2, 0) is 9.53 Å². The third-order valence-corrected chi connectivity index (χ3v) is 4.70. The maximum absolute atomic E-state index is 10.8. The minimum Gasteiger partial charge on any atom is -0.481 e. The number of thioether (sulfide) groups is 1. The molecule has 1 fully saturated rings. The molecule has 0 amide bonds. The van der Waals surface area contributed by atoms with Crippen molar-refractivity contribution in [2.75, 3.05) is 12.4 Å². The summed E-state index contributed by atoms with van der Waals surface area (Å²) >= 11 is 1.30. The van der Waals surface area contributed by atoms with Gasteiger partial charge >= 0.3 is 5.97 Å². The van der Waals surface area contributed by atoms with Gasteiger partial charge in [0.1, 0.15) is 0 Å². The second-order valence-electron chi connectivity index (χ2n) is 6.43. The van der Waals surface area contributed by atoms with E-state index in [4.69, 9.17) is 9.84 Å². The average Bonchev–Trinajstić information content (AvgIpc) is 2.78. The highest BCUT2D eigenvalue weighted by molar-refractivity contribution is 7.99. The molecule has 5 nitrogen and oxygen atoms in total. The highest BCUT2D eigenvalue weighted by Gasteiger charge is 2.32. The Morgan fingerprint density at radius 3 is 2.90 bits per heavy atom. The molecular formula is C15H24N2O3S. The van der Waals surface area contributed by atoms with E-state index in [-0.39, 0.29) is 11.4 Å². The first-order valence-corrected chi connectivity index (χ1v) is 8.34. The topological polar surface area (TPSA) is 64.3 Å². The standard InChI is InChI=1S/C15H24N2O3S/c1-10(2)12-8-16-14(21-9-13(18)19)17(12)11-5-6-20-15(3,4)7-11/h8,10-11H,5-7,9H2,1-4H3,(H,18,19). The molecular weight excluding hydrogens is 288 g/mol. The monoisotopic (exact) mass is 312 g/mol. The summed E-state index contributed by atoms with van der Waals surface area (Å²) in [6.45, 7) is 9.23. The summed E-state index contributed by atoms with van der Waals surface area (Å²) in [5, 5.41) is 9.71. The summed E-state index contributed by atoms with van der Waals surface area (Å²) in [6.07, 6.45) is 3.75. The normalized spacial score (nSPS) is 21.7. The second-order valence-corrected chi connectivity index (χ2v) is 7.37. The van der Waals surface area contributed by atoms with Crippen molar-refractivity contribution in [1.29, 1.82) is 0 Å². The van der Waals surface area contributed by atoms with Crippen LogP contribution >= 0.6 is 11.8 Å². The van der Waals surface area contributed by atoms with Gasteiger partial charge in [-0.2, -0.15) is 0 Å². The van der Waals surface area contributed by atoms with Gasteiger partial charge < -0.3 is 14.4 Å². The zero-order valence-electron chi connectivity index (χ0n) is 13.1. The molecule has 1 aliphatic heterocycles. The fraction of sp³-hybridized carbons (Fsp3) is 0.733. The third kappa shape index (κ3) is 4.01. The molecule has 1 N–H and O–H groups in total. The lowest BCUT2D eigenvalue weighted by Crippen LogP contribution is -2.35. The van der Waals surface area contributed by atoms with Crippen LogP contribution in [0, 0.1) is 0 Å². The molecule has 2 heterocycles. The molecule has 2 rings (SSSR count). The molecule has 0 aromatic carbocycles. The largest absolute Gasteiger partial charge is 0.481 e. The van der Waals surface area contributed by atoms with Gasteiger partial charge in [-0.3, -0.25) is 4.79 Å². The van der Waals surface area contributed by atoms with E-state index in [1.807, 2.05) is 6.20 Å². The van der Waals surface area contributed by atoms with Gasteiger partial charge in [0.25, 0.3) is 0 Å². The smallest absolute Gasteiger partial charge is 0.313 e. The van der Waals surface area contributed by atoms with Crippen LogP contribution in [0.4, 0.5) is 0 Å². The molecule has 0 radical (unpaired) electrons. The molecule has 0 bridgehead atoms. The molecule has 118 valence electrons. The van der Waals surface area contributed by atoms with Gasteiger partial charge in [-0.1, -0.05) is 25.6 Å². The minimum atomic E-state index is -0.812. The summed E-state index contributed by atoms with van der Waals surface area (Å²) in [4.78, 5) is 15.3. The number of aromatic nitrogens is 2. The van der Waals surface area contributed by atoms with E-state index in [9.17, 15) is 4.79 Å². The van der Waals surface area contributed by atoms with Crippen molar-refractivity contribution >= 4 is 17.7 Å². The van der Waals surface area contributed by atoms with E-state index < -0.39 is 5.97 Å². The fourth-order valence-electron chi connectivity index (χ4n) is 2.80. The van der Waals surface area contributed by atoms with Gasteiger partial charge in [0.05, 0.1) is 11.4 Å². The van der Waals surface area contributed by atoms with Crippen molar-refractivity contribution < 1.29 is 14.6 Å². The number of hydrogen-bond acceptors (Lipinski definition) is 4. The van der Waals surface area contributed by atoms with E-state index in [2.05, 4.69) is 37.2 Å². The lowest BCUT2D eigenvalue weighted by Gasteiger charge is -2.37. The number of carboxylic acids is 1. The van der Waals surface area contributed by atoms with Crippen molar-refractivity contribution in [3.8, 4) is 0 Å². The number of ether oxygens (including phenoxy) is 1. The predicted octanol–water partition coefficient (Wildman–Crippen LogP) is 3.31. The second kappa shape index (κ2) is 6.40. The number of aliphatic carboxylic acids is 1. The summed E-state index contributed by atoms with van der Waals surface area (Å²) in [5.74, 6) is -0.406. The summed E-state index contributed by atoms with van der Waals surface area (Å²) in [6, 6.07) is 0.324. The first-order chi connectivity index (χ1) is 9.80. The fourth-order valence-corrected chi connectivity index (χ4v) is 3.58. The zero-order valence-corrected chi connectivity index (χ0v) is 13.9. The van der Waals surface area contributed by atoms with E-state index in [0.717, 1.165) is 24.6 Å². The Kier molecular flexibility index (Phi) is 4.99. The van der Waals surface area contributed by atoms with Gasteiger partial charge in [-0.25, -0.2) is 4.98 Å². The van der Waals surface area contributed by atoms with E-state index in [1.54, 1.807) is 0 Å². The molecule has 0 aliphatic carbocycles. The van der Waals surface area contributed by atoms with E-state index in [0.29, 0.717) is 12.0 Å². The van der Waals surface area contributed by atoms with Crippen molar-refractivity contribution in [3.05, 3.63) is 11.9 Å². The SMILES string of the molecule is CC(C)c1cnc(SCC(=O)O)n1C1CCOC(C)(C)C1. The zero-order chi connectivity index (χ0) is 15.6. The maximum Gasteiger partial charge on any atom is 0.313 e. The predicted molar refractivity (Wildman–Crippen MR) is 83.0 cm³/mol. The van der Waals surface area contributed by atoms with Crippen LogP contribution in [0.25, 0.3) is 0 Å². The van der Waals surface area contributed by atoms with Gasteiger partial charge in [0.2, 0.25) is 0 Å². The third-order valence-electron chi connectivity index (χ3n) is 3.74. The lowest BCUT2D eigenvalue weighted by molar-refractivity contribution is -0.133. The molecule has 1 atom stereocenters. The summed E-state index contributed by atoms with van der Waals surface area (Å²) < 4.78 is 8.04. The first kappa shape index (κ1) is 16.4. The number of nitrogens with zero attached hydrogens (tertiary/aromatic N) is 2. The maximum atomic E-state index is 10.8. The first-order valence-electron chi connectivity index (χ1n) is 7.36. The molecule has 1 aromatic heterocycles. The lowest BCUT2D eigenvalue weighted by atomic mass is 9.93. The van der Waals surface area contributed by atoms with Crippen LogP contribution in [0.2, 0.25) is 0 Å². The van der Waals surface area contributed by atoms with Gasteiger partial charge in [0.15, 0.2) is 5.16 Å². The summed E-state index contributed by atoms with van der Waals surface area (Å²) in [5.41, 5.74) is 1.03. The van der Waals surface area contributed by atoms with E-state index in [1.165, 1.54) is 17.5 Å². The number of carbonyl (C=O) groups is 1. The Morgan fingerprint density at radius 1 is 1.62 bits per heavy atom. The molecule has 1 unspecified atom stereocenters. The number of hydrogen-bond donors (Lipinski definition) is 1. The van der Waals surface area contributed by atoms with Gasteiger partial charge in [0, 0.05) is 24.5 Å². The van der Waals surface area contributed by atoms with Crippen LogP contribution in [0.1, 0.15) is 58.2 Å². The molecule has 21 heavy (non-hydrogen) atoms.